The number of hydrogen-bond donors (Lipinski definition) is 1. The van der Waals surface area contributed by atoms with Crippen LogP contribution in [0.1, 0.15) is 41.6 Å². The number of carbonyl (C=O) groups is 2. The summed E-state index contributed by atoms with van der Waals surface area (Å²) in [5.74, 6) is 0.0295. The minimum atomic E-state index is -0.384. The Hall–Kier alpha value is -3.09. The number of carbonyl (C=O) groups excluding carboxylic acids is 2. The molecule has 4 rings (SSSR count). The Morgan fingerprint density at radius 3 is 2.63 bits per heavy atom. The van der Waals surface area contributed by atoms with Crippen LogP contribution in [0.5, 0.6) is 11.5 Å². The first kappa shape index (κ1) is 20.2. The van der Waals surface area contributed by atoms with Gasteiger partial charge in [0.1, 0.15) is 5.82 Å². The molecule has 1 N–H and O–H groups in total. The molecule has 0 spiro atoms. The molecule has 2 aromatic rings. The molecular weight excluding hydrogens is 387 g/mol. The first-order valence-corrected chi connectivity index (χ1v) is 10.3. The first-order valence-electron chi connectivity index (χ1n) is 10.3. The van der Waals surface area contributed by atoms with Crippen molar-refractivity contribution in [3.8, 4) is 11.5 Å². The summed E-state index contributed by atoms with van der Waals surface area (Å²) in [4.78, 5) is 27.7. The van der Waals surface area contributed by atoms with Crippen LogP contribution in [0.15, 0.2) is 42.5 Å². The number of rotatable bonds is 6. The van der Waals surface area contributed by atoms with Gasteiger partial charge < -0.3 is 19.7 Å². The molecule has 6 nitrogen and oxygen atoms in total. The number of likely N-dealkylation sites (tertiary alicyclic amines) is 1. The molecule has 0 bridgehead atoms. The van der Waals surface area contributed by atoms with Gasteiger partial charge in [-0.1, -0.05) is 25.5 Å². The van der Waals surface area contributed by atoms with Gasteiger partial charge in [-0.25, -0.2) is 4.39 Å². The highest BCUT2D eigenvalue weighted by molar-refractivity contribution is 5.96. The Morgan fingerprint density at radius 1 is 1.10 bits per heavy atom. The van der Waals surface area contributed by atoms with E-state index in [0.717, 1.165) is 18.4 Å². The number of benzene rings is 2. The highest BCUT2D eigenvalue weighted by Gasteiger charge is 2.40. The fourth-order valence-electron chi connectivity index (χ4n) is 4.01. The van der Waals surface area contributed by atoms with E-state index in [9.17, 15) is 14.0 Å². The summed E-state index contributed by atoms with van der Waals surface area (Å²) in [7, 11) is 0. The highest BCUT2D eigenvalue weighted by Crippen LogP contribution is 2.36. The van der Waals surface area contributed by atoms with Crippen LogP contribution < -0.4 is 14.8 Å². The molecule has 0 unspecified atom stereocenters. The van der Waals surface area contributed by atoms with E-state index in [4.69, 9.17) is 9.47 Å². The van der Waals surface area contributed by atoms with Gasteiger partial charge in [0, 0.05) is 31.1 Å². The molecule has 2 aromatic carbocycles. The van der Waals surface area contributed by atoms with Gasteiger partial charge >= 0.3 is 0 Å². The molecule has 158 valence electrons. The number of nitrogens with zero attached hydrogens (tertiary/aromatic N) is 1. The van der Waals surface area contributed by atoms with Crippen LogP contribution in [-0.2, 0) is 4.79 Å². The van der Waals surface area contributed by atoms with E-state index in [1.807, 2.05) is 0 Å². The second-order valence-corrected chi connectivity index (χ2v) is 7.69. The van der Waals surface area contributed by atoms with Crippen LogP contribution >= 0.6 is 0 Å². The number of halogens is 1. The van der Waals surface area contributed by atoms with Gasteiger partial charge in [0.2, 0.25) is 12.7 Å². The predicted molar refractivity (Wildman–Crippen MR) is 109 cm³/mol. The Bertz CT molecular complexity index is 931. The fourth-order valence-corrected chi connectivity index (χ4v) is 4.01. The van der Waals surface area contributed by atoms with Crippen molar-refractivity contribution >= 4 is 11.8 Å². The SMILES string of the molecule is CCCCNC(=O)[C@H]1CN(C(=O)c2ccc3c(c2)OCO3)C[C@H]1c1ccc(F)cc1. The minimum Gasteiger partial charge on any atom is -0.454 e. The molecule has 1 saturated heterocycles. The Kier molecular flexibility index (Phi) is 5.88. The molecule has 2 heterocycles. The van der Waals surface area contributed by atoms with Crippen LogP contribution in [0.2, 0.25) is 0 Å². The van der Waals surface area contributed by atoms with Crippen LogP contribution in [0.3, 0.4) is 0 Å². The minimum absolute atomic E-state index is 0.0706. The van der Waals surface area contributed by atoms with Gasteiger partial charge in [-0.05, 0) is 42.3 Å². The zero-order chi connectivity index (χ0) is 21.1. The fraction of sp³-hybridized carbons (Fsp3) is 0.391. The number of hydrogen-bond acceptors (Lipinski definition) is 4. The van der Waals surface area contributed by atoms with Gasteiger partial charge in [0.15, 0.2) is 11.5 Å². The number of amides is 2. The van der Waals surface area contributed by atoms with Gasteiger partial charge in [-0.3, -0.25) is 9.59 Å². The van der Waals surface area contributed by atoms with Crippen molar-refractivity contribution in [1.82, 2.24) is 10.2 Å². The van der Waals surface area contributed by atoms with Crippen molar-refractivity contribution in [3.63, 3.8) is 0 Å². The summed E-state index contributed by atoms with van der Waals surface area (Å²) < 4.78 is 24.1. The van der Waals surface area contributed by atoms with Crippen molar-refractivity contribution in [1.29, 1.82) is 0 Å². The van der Waals surface area contributed by atoms with Crippen molar-refractivity contribution < 1.29 is 23.5 Å². The Labute approximate surface area is 175 Å². The largest absolute Gasteiger partial charge is 0.454 e. The second-order valence-electron chi connectivity index (χ2n) is 7.69. The van der Waals surface area contributed by atoms with Crippen molar-refractivity contribution in [3.05, 3.63) is 59.4 Å². The Morgan fingerprint density at radius 2 is 1.87 bits per heavy atom. The maximum Gasteiger partial charge on any atom is 0.254 e. The summed E-state index contributed by atoms with van der Waals surface area (Å²) in [5.41, 5.74) is 1.34. The lowest BCUT2D eigenvalue weighted by Crippen LogP contribution is -2.36. The summed E-state index contributed by atoms with van der Waals surface area (Å²) >= 11 is 0. The van der Waals surface area contributed by atoms with Gasteiger partial charge in [0.25, 0.3) is 5.91 Å². The average Bonchev–Trinajstić information content (AvgIpc) is 3.40. The van der Waals surface area contributed by atoms with E-state index in [-0.39, 0.29) is 36.3 Å². The normalized spacial score (nSPS) is 19.7. The molecule has 7 heteroatoms. The number of fused-ring (bicyclic) bond motifs is 1. The van der Waals surface area contributed by atoms with E-state index >= 15 is 0 Å². The maximum absolute atomic E-state index is 13.4. The number of nitrogens with one attached hydrogen (secondary N) is 1. The molecule has 2 atom stereocenters. The molecule has 0 saturated carbocycles. The standard InChI is InChI=1S/C23H25FN2O4/c1-2-3-10-25-22(27)19-13-26(12-18(19)15-4-7-17(24)8-5-15)23(28)16-6-9-20-21(11-16)30-14-29-20/h4-9,11,18-19H,2-3,10,12-14H2,1H3,(H,25,27)/t18-,19-/m0/s1. The summed E-state index contributed by atoms with van der Waals surface area (Å²) in [6.07, 6.45) is 1.89. The lowest BCUT2D eigenvalue weighted by atomic mass is 9.88. The zero-order valence-corrected chi connectivity index (χ0v) is 16.9. The summed E-state index contributed by atoms with van der Waals surface area (Å²) in [6.45, 7) is 3.52. The second kappa shape index (κ2) is 8.73. The van der Waals surface area contributed by atoms with E-state index < -0.39 is 0 Å². The molecule has 2 aliphatic rings. The summed E-state index contributed by atoms with van der Waals surface area (Å²) in [5, 5.41) is 2.98. The van der Waals surface area contributed by atoms with E-state index in [2.05, 4.69) is 12.2 Å². The van der Waals surface area contributed by atoms with Crippen molar-refractivity contribution in [2.75, 3.05) is 26.4 Å². The smallest absolute Gasteiger partial charge is 0.254 e. The van der Waals surface area contributed by atoms with E-state index in [0.29, 0.717) is 36.7 Å². The lowest BCUT2D eigenvalue weighted by molar-refractivity contribution is -0.124. The van der Waals surface area contributed by atoms with E-state index in [1.165, 1.54) is 12.1 Å². The van der Waals surface area contributed by atoms with Crippen LogP contribution in [0, 0.1) is 11.7 Å². The molecule has 0 aromatic heterocycles. The third-order valence-corrected chi connectivity index (χ3v) is 5.69. The average molecular weight is 412 g/mol. The lowest BCUT2D eigenvalue weighted by Gasteiger charge is -2.18. The van der Waals surface area contributed by atoms with Gasteiger partial charge in [-0.2, -0.15) is 0 Å². The molecule has 30 heavy (non-hydrogen) atoms. The van der Waals surface area contributed by atoms with Gasteiger partial charge in [-0.15, -0.1) is 0 Å². The van der Waals surface area contributed by atoms with Crippen LogP contribution in [0.25, 0.3) is 0 Å². The molecule has 1 fully saturated rings. The molecule has 2 aliphatic heterocycles. The van der Waals surface area contributed by atoms with E-state index in [1.54, 1.807) is 35.2 Å². The number of ether oxygens (including phenoxy) is 2. The summed E-state index contributed by atoms with van der Waals surface area (Å²) in [6, 6.07) is 11.3. The monoisotopic (exact) mass is 412 g/mol. The van der Waals surface area contributed by atoms with Crippen LogP contribution in [0.4, 0.5) is 4.39 Å². The van der Waals surface area contributed by atoms with Gasteiger partial charge in [0.05, 0.1) is 5.92 Å². The van der Waals surface area contributed by atoms with Crippen molar-refractivity contribution in [2.24, 2.45) is 5.92 Å². The third-order valence-electron chi connectivity index (χ3n) is 5.69. The molecular formula is C23H25FN2O4. The Balaban J connectivity index is 1.55. The highest BCUT2D eigenvalue weighted by atomic mass is 19.1. The molecule has 0 aliphatic carbocycles. The quantitative estimate of drug-likeness (QED) is 0.739. The molecule has 2 amide bonds. The maximum atomic E-state index is 13.4. The molecule has 0 radical (unpaired) electrons. The first-order chi connectivity index (χ1) is 14.6. The third kappa shape index (κ3) is 4.10. The zero-order valence-electron chi connectivity index (χ0n) is 16.9. The predicted octanol–water partition coefficient (Wildman–Crippen LogP) is 3.33. The van der Waals surface area contributed by atoms with Crippen LogP contribution in [-0.4, -0.2) is 43.1 Å². The topological polar surface area (TPSA) is 67.9 Å². The van der Waals surface area contributed by atoms with Crippen molar-refractivity contribution in [2.45, 2.75) is 25.7 Å². The number of unbranched alkanes of at least 4 members (excludes halogenated alkanes) is 1.